The van der Waals surface area contributed by atoms with Crippen molar-refractivity contribution in [2.24, 2.45) is 11.3 Å². The third kappa shape index (κ3) is 4.97. The van der Waals surface area contributed by atoms with Crippen molar-refractivity contribution in [3.8, 4) is 0 Å². The van der Waals surface area contributed by atoms with Crippen molar-refractivity contribution in [3.05, 3.63) is 69.1 Å². The molecule has 0 radical (unpaired) electrons. The summed E-state index contributed by atoms with van der Waals surface area (Å²) in [6.45, 7) is 4.03. The van der Waals surface area contributed by atoms with E-state index in [1.807, 2.05) is 44.2 Å². The summed E-state index contributed by atoms with van der Waals surface area (Å²) in [5, 5.41) is 3.11. The van der Waals surface area contributed by atoms with Crippen LogP contribution in [0.5, 0.6) is 0 Å². The molecule has 2 aliphatic carbocycles. The summed E-state index contributed by atoms with van der Waals surface area (Å²) in [5.74, 6) is 0.148. The van der Waals surface area contributed by atoms with Crippen LogP contribution >= 0.6 is 0 Å². The number of aromatic amines is 1. The molecule has 1 atom stereocenters. The molecule has 4 rings (SSSR count). The van der Waals surface area contributed by atoms with E-state index in [2.05, 4.69) is 10.3 Å². The Kier molecular flexibility index (Phi) is 6.12. The van der Waals surface area contributed by atoms with E-state index in [1.165, 1.54) is 38.2 Å². The molecule has 5 nitrogen and oxygen atoms in total. The zero-order chi connectivity index (χ0) is 22.0. The Labute approximate surface area is 183 Å². The Hall–Kier alpha value is -2.69. The van der Waals surface area contributed by atoms with Crippen molar-refractivity contribution in [2.45, 2.75) is 71.3 Å². The van der Waals surface area contributed by atoms with Crippen molar-refractivity contribution in [3.63, 3.8) is 0 Å². The van der Waals surface area contributed by atoms with E-state index in [1.54, 1.807) is 0 Å². The van der Waals surface area contributed by atoms with Crippen LogP contribution in [0.15, 0.2) is 41.2 Å². The molecule has 1 saturated carbocycles. The van der Waals surface area contributed by atoms with Gasteiger partial charge in [0.25, 0.3) is 11.5 Å². The number of fused-ring (bicyclic) bond motifs is 1. The highest BCUT2D eigenvalue weighted by molar-refractivity contribution is 6.02. The number of hydrogen-bond donors (Lipinski definition) is 2. The standard InChI is InChI=1S/C26H32N2O3/c1-26(2)15-22-19(23(29)16-26)14-20(25(31)28-22)24(30)27-21(18-11-7-4-8-12-18)13-17-9-5-3-6-10-17/h4,7-8,11-12,14,17,21H,3,5-6,9-10,13,15-16H2,1-2H3,(H,27,30)(H,28,31). The maximum atomic E-state index is 13.2. The second-order valence-electron chi connectivity index (χ2n) is 10.0. The maximum absolute atomic E-state index is 13.2. The number of rotatable bonds is 5. The summed E-state index contributed by atoms with van der Waals surface area (Å²) in [6, 6.07) is 11.3. The molecule has 1 amide bonds. The molecule has 0 saturated heterocycles. The number of aromatic nitrogens is 1. The van der Waals surface area contributed by atoms with E-state index in [4.69, 9.17) is 0 Å². The third-order valence-corrected chi connectivity index (χ3v) is 6.76. The van der Waals surface area contributed by atoms with Gasteiger partial charge in [-0.1, -0.05) is 76.3 Å². The smallest absolute Gasteiger partial charge is 0.261 e. The molecule has 0 spiro atoms. The molecule has 1 aromatic heterocycles. The molecule has 5 heteroatoms. The Balaban J connectivity index is 1.59. The van der Waals surface area contributed by atoms with Crippen LogP contribution in [0.2, 0.25) is 0 Å². The van der Waals surface area contributed by atoms with Gasteiger partial charge in [-0.2, -0.15) is 0 Å². The highest BCUT2D eigenvalue weighted by Gasteiger charge is 2.33. The number of H-pyrrole nitrogens is 1. The number of hydrogen-bond acceptors (Lipinski definition) is 3. The SMILES string of the molecule is CC1(C)CC(=O)c2cc(C(=O)NC(CC3CCCCC3)c3ccccc3)c(=O)[nH]c2C1. The summed E-state index contributed by atoms with van der Waals surface area (Å²) in [7, 11) is 0. The third-order valence-electron chi connectivity index (χ3n) is 6.76. The number of ketones is 1. The Morgan fingerprint density at radius 1 is 1.10 bits per heavy atom. The van der Waals surface area contributed by atoms with Gasteiger partial charge >= 0.3 is 0 Å². The van der Waals surface area contributed by atoms with Crippen LogP contribution in [0, 0.1) is 11.3 Å². The van der Waals surface area contributed by atoms with Gasteiger partial charge in [0.05, 0.1) is 6.04 Å². The minimum Gasteiger partial charge on any atom is -0.345 e. The Morgan fingerprint density at radius 3 is 2.52 bits per heavy atom. The lowest BCUT2D eigenvalue weighted by atomic mass is 9.75. The molecule has 0 aliphatic heterocycles. The molecule has 1 unspecified atom stereocenters. The summed E-state index contributed by atoms with van der Waals surface area (Å²) in [5.41, 5.74) is 1.59. The number of carbonyl (C=O) groups is 2. The van der Waals surface area contributed by atoms with Gasteiger partial charge in [-0.25, -0.2) is 0 Å². The fourth-order valence-electron chi connectivity index (χ4n) is 5.15. The fraction of sp³-hybridized carbons (Fsp3) is 0.500. The molecule has 1 aromatic carbocycles. The molecule has 2 aromatic rings. The minimum atomic E-state index is -0.425. The Morgan fingerprint density at radius 2 is 1.81 bits per heavy atom. The van der Waals surface area contributed by atoms with Crippen LogP contribution < -0.4 is 10.9 Å². The Bertz CT molecular complexity index is 1020. The predicted molar refractivity (Wildman–Crippen MR) is 121 cm³/mol. The van der Waals surface area contributed by atoms with Gasteiger partial charge in [0.15, 0.2) is 5.78 Å². The molecule has 2 N–H and O–H groups in total. The van der Waals surface area contributed by atoms with Gasteiger partial charge in [0, 0.05) is 17.7 Å². The monoisotopic (exact) mass is 420 g/mol. The normalized spacial score (nSPS) is 19.5. The van der Waals surface area contributed by atoms with Gasteiger partial charge in [0.2, 0.25) is 0 Å². The lowest BCUT2D eigenvalue weighted by Crippen LogP contribution is -2.36. The molecule has 164 valence electrons. The largest absolute Gasteiger partial charge is 0.345 e. The lowest BCUT2D eigenvalue weighted by molar-refractivity contribution is 0.0910. The number of carbonyl (C=O) groups excluding carboxylic acids is 2. The number of benzene rings is 1. The highest BCUT2D eigenvalue weighted by atomic mass is 16.2. The van der Waals surface area contributed by atoms with Crippen molar-refractivity contribution in [2.75, 3.05) is 0 Å². The summed E-state index contributed by atoms with van der Waals surface area (Å²) in [6.07, 6.45) is 8.04. The maximum Gasteiger partial charge on any atom is 0.261 e. The first-order valence-electron chi connectivity index (χ1n) is 11.5. The van der Waals surface area contributed by atoms with Crippen LogP contribution in [-0.2, 0) is 6.42 Å². The predicted octanol–water partition coefficient (Wildman–Crippen LogP) is 4.97. The van der Waals surface area contributed by atoms with Crippen LogP contribution in [-0.4, -0.2) is 16.7 Å². The molecule has 2 aliphatic rings. The molecular formula is C26H32N2O3. The van der Waals surface area contributed by atoms with E-state index in [9.17, 15) is 14.4 Å². The first-order chi connectivity index (χ1) is 14.8. The fourth-order valence-corrected chi connectivity index (χ4v) is 5.15. The van der Waals surface area contributed by atoms with E-state index >= 15 is 0 Å². The lowest BCUT2D eigenvalue weighted by Gasteiger charge is -2.30. The van der Waals surface area contributed by atoms with Gasteiger partial charge in [-0.3, -0.25) is 14.4 Å². The molecule has 0 bridgehead atoms. The van der Waals surface area contributed by atoms with E-state index in [0.29, 0.717) is 30.0 Å². The second-order valence-corrected chi connectivity index (χ2v) is 10.0. The van der Waals surface area contributed by atoms with Crippen LogP contribution in [0.3, 0.4) is 0 Å². The van der Waals surface area contributed by atoms with E-state index < -0.39 is 11.5 Å². The van der Waals surface area contributed by atoms with Crippen molar-refractivity contribution in [1.29, 1.82) is 0 Å². The average Bonchev–Trinajstić information content (AvgIpc) is 2.73. The van der Waals surface area contributed by atoms with Gasteiger partial charge in [0.1, 0.15) is 5.56 Å². The number of nitrogens with one attached hydrogen (secondary N) is 2. The topological polar surface area (TPSA) is 79.0 Å². The quantitative estimate of drug-likeness (QED) is 0.717. The number of pyridine rings is 1. The minimum absolute atomic E-state index is 0.0154. The first kappa shape index (κ1) is 21.5. The highest BCUT2D eigenvalue weighted by Crippen LogP contribution is 2.34. The van der Waals surface area contributed by atoms with Gasteiger partial charge in [-0.05, 0) is 35.8 Å². The average molecular weight is 421 g/mol. The van der Waals surface area contributed by atoms with Gasteiger partial charge in [-0.15, -0.1) is 0 Å². The molecule has 31 heavy (non-hydrogen) atoms. The number of Topliss-reactive ketones (excluding diaryl/α,β-unsaturated/α-hetero) is 1. The second kappa shape index (κ2) is 8.81. The van der Waals surface area contributed by atoms with E-state index in [0.717, 1.165) is 12.0 Å². The van der Waals surface area contributed by atoms with Crippen LogP contribution in [0.25, 0.3) is 0 Å². The zero-order valence-electron chi connectivity index (χ0n) is 18.5. The van der Waals surface area contributed by atoms with Crippen molar-refractivity contribution >= 4 is 11.7 Å². The molecular weight excluding hydrogens is 388 g/mol. The zero-order valence-corrected chi connectivity index (χ0v) is 18.5. The van der Waals surface area contributed by atoms with E-state index in [-0.39, 0.29) is 22.8 Å². The van der Waals surface area contributed by atoms with Crippen LogP contribution in [0.1, 0.15) is 96.8 Å². The summed E-state index contributed by atoms with van der Waals surface area (Å²) < 4.78 is 0. The summed E-state index contributed by atoms with van der Waals surface area (Å²) in [4.78, 5) is 41.4. The first-order valence-corrected chi connectivity index (χ1v) is 11.5. The van der Waals surface area contributed by atoms with Gasteiger partial charge < -0.3 is 10.3 Å². The van der Waals surface area contributed by atoms with Crippen molar-refractivity contribution < 1.29 is 9.59 Å². The molecule has 1 heterocycles. The molecule has 1 fully saturated rings. The summed E-state index contributed by atoms with van der Waals surface area (Å²) >= 11 is 0. The van der Waals surface area contributed by atoms with Crippen LogP contribution in [0.4, 0.5) is 0 Å². The van der Waals surface area contributed by atoms with Crippen molar-refractivity contribution in [1.82, 2.24) is 10.3 Å². The number of amides is 1.